The van der Waals surface area contributed by atoms with Gasteiger partial charge in [-0.15, -0.1) is 0 Å². The average Bonchev–Trinajstić information content (AvgIpc) is 3.40. The fraction of sp³-hybridized carbons (Fsp3) is 0.723. The van der Waals surface area contributed by atoms with Crippen LogP contribution in [0, 0.1) is 89.3 Å². The Labute approximate surface area is 424 Å². The van der Waals surface area contributed by atoms with E-state index in [4.69, 9.17) is 0 Å². The molecule has 70 heavy (non-hydrogen) atoms. The van der Waals surface area contributed by atoms with Gasteiger partial charge in [0.1, 0.15) is 5.82 Å². The number of benzene rings is 3. The van der Waals surface area contributed by atoms with Crippen molar-refractivity contribution in [3.8, 4) is 0 Å². The lowest BCUT2D eigenvalue weighted by Gasteiger charge is -2.38. The Morgan fingerprint density at radius 3 is 0.986 bits per heavy atom. The second kappa shape index (κ2) is 28.1. The number of hydrogen-bond donors (Lipinski definition) is 0. The molecular weight excluding hydrogens is 876 g/mol. The first-order chi connectivity index (χ1) is 34.0. The average molecular weight is 971 g/mol. The summed E-state index contributed by atoms with van der Waals surface area (Å²) in [7, 11) is 0. The van der Waals surface area contributed by atoms with Crippen molar-refractivity contribution in [2.24, 2.45) is 53.3 Å². The van der Waals surface area contributed by atoms with Crippen LogP contribution in [0.5, 0.6) is 0 Å². The van der Waals surface area contributed by atoms with Gasteiger partial charge in [-0.05, 0) is 246 Å². The molecule has 0 amide bonds. The lowest BCUT2D eigenvalue weighted by Crippen LogP contribution is -2.25. The molecule has 0 spiro atoms. The van der Waals surface area contributed by atoms with Gasteiger partial charge < -0.3 is 0 Å². The SMILES string of the molecule is CCC1CCC(C2CCC(c3ccc(F)c(C)c3)CC2)CC1.CCCC1CCC(C2CCC(c3ccc(F)c(F)c3)CC2)CC1.CCCCCC1CCC(C2CCC(c3ccc(F)c(F)c3)CC2)CC1. The molecule has 6 aliphatic rings. The highest BCUT2D eigenvalue weighted by Crippen LogP contribution is 2.48. The van der Waals surface area contributed by atoms with Crippen LogP contribution in [0.3, 0.4) is 0 Å². The minimum absolute atomic E-state index is 0.0647. The van der Waals surface area contributed by atoms with Crippen LogP contribution < -0.4 is 0 Å². The molecule has 0 aliphatic heterocycles. The summed E-state index contributed by atoms with van der Waals surface area (Å²) in [5.74, 6) is 7.15. The molecule has 0 N–H and O–H groups in total. The quantitative estimate of drug-likeness (QED) is 0.118. The fourth-order valence-electron chi connectivity index (χ4n) is 15.3. The van der Waals surface area contributed by atoms with E-state index in [2.05, 4.69) is 26.8 Å². The summed E-state index contributed by atoms with van der Waals surface area (Å²) in [6.07, 6.45) is 42.1. The standard InChI is InChI=1S/C23H34F2.C21H30F2.C21H31F/c1-2-3-4-5-17-6-8-18(9-7-17)19-10-12-20(13-11-19)21-14-15-22(24)23(25)16-21;1-2-3-15-4-6-16(7-5-15)17-8-10-18(11-9-17)19-12-13-20(22)21(23)14-19;1-3-16-4-6-17(7-5-16)18-8-10-19(11-9-18)20-12-13-21(22)15(2)14-20/h14-20H,2-13H2,1H3;12-18H,2-11H2,1H3;12-14,16-19H,3-11H2,1-2H3. The minimum atomic E-state index is -0.730. The van der Waals surface area contributed by atoms with Crippen molar-refractivity contribution in [2.75, 3.05) is 0 Å². The molecule has 0 radical (unpaired) electrons. The van der Waals surface area contributed by atoms with Crippen molar-refractivity contribution >= 4 is 0 Å². The Morgan fingerprint density at radius 2 is 0.657 bits per heavy atom. The van der Waals surface area contributed by atoms with Crippen molar-refractivity contribution in [3.63, 3.8) is 0 Å². The van der Waals surface area contributed by atoms with Crippen LogP contribution in [0.4, 0.5) is 22.0 Å². The van der Waals surface area contributed by atoms with Gasteiger partial charge in [-0.3, -0.25) is 0 Å². The molecule has 0 atom stereocenters. The van der Waals surface area contributed by atoms with Gasteiger partial charge >= 0.3 is 0 Å². The largest absolute Gasteiger partial charge is 0.207 e. The molecule has 0 saturated heterocycles. The van der Waals surface area contributed by atoms with Gasteiger partial charge in [0.15, 0.2) is 23.3 Å². The first kappa shape index (κ1) is 55.1. The lowest BCUT2D eigenvalue weighted by molar-refractivity contribution is 0.155. The first-order valence-electron chi connectivity index (χ1n) is 29.7. The van der Waals surface area contributed by atoms with Crippen molar-refractivity contribution in [3.05, 3.63) is 106 Å². The van der Waals surface area contributed by atoms with Gasteiger partial charge in [0.05, 0.1) is 0 Å². The van der Waals surface area contributed by atoms with Gasteiger partial charge in [-0.1, -0.05) is 129 Å². The summed E-state index contributed by atoms with van der Waals surface area (Å²) < 4.78 is 66.5. The zero-order valence-electron chi connectivity index (χ0n) is 44.4. The summed E-state index contributed by atoms with van der Waals surface area (Å²) in [4.78, 5) is 0. The van der Waals surface area contributed by atoms with Gasteiger partial charge in [-0.2, -0.15) is 0 Å². The van der Waals surface area contributed by atoms with Crippen LogP contribution in [0.15, 0.2) is 54.6 Å². The van der Waals surface area contributed by atoms with Gasteiger partial charge in [-0.25, -0.2) is 22.0 Å². The highest BCUT2D eigenvalue weighted by molar-refractivity contribution is 5.27. The van der Waals surface area contributed by atoms with E-state index in [1.165, 1.54) is 203 Å². The lowest BCUT2D eigenvalue weighted by atomic mass is 9.68. The van der Waals surface area contributed by atoms with Crippen LogP contribution in [-0.4, -0.2) is 0 Å². The van der Waals surface area contributed by atoms with Gasteiger partial charge in [0, 0.05) is 0 Å². The van der Waals surface area contributed by atoms with E-state index in [9.17, 15) is 22.0 Å². The van der Waals surface area contributed by atoms with E-state index in [1.807, 2.05) is 13.0 Å². The molecule has 390 valence electrons. The van der Waals surface area contributed by atoms with Crippen molar-refractivity contribution in [2.45, 2.75) is 244 Å². The maximum absolute atomic E-state index is 13.5. The first-order valence-corrected chi connectivity index (χ1v) is 29.7. The van der Waals surface area contributed by atoms with Crippen molar-refractivity contribution in [1.29, 1.82) is 0 Å². The summed E-state index contributed by atoms with van der Waals surface area (Å²) in [5, 5.41) is 0. The molecule has 3 aromatic rings. The molecule has 9 rings (SSSR count). The maximum atomic E-state index is 13.5. The van der Waals surface area contributed by atoms with E-state index >= 15 is 0 Å². The van der Waals surface area contributed by atoms with E-state index in [0.29, 0.717) is 17.8 Å². The van der Waals surface area contributed by atoms with Crippen LogP contribution in [-0.2, 0) is 0 Å². The van der Waals surface area contributed by atoms with Gasteiger partial charge in [0.2, 0.25) is 0 Å². The van der Waals surface area contributed by atoms with Crippen molar-refractivity contribution < 1.29 is 22.0 Å². The normalized spacial score (nSPS) is 31.7. The smallest absolute Gasteiger partial charge is 0.159 e. The fourth-order valence-corrected chi connectivity index (χ4v) is 15.3. The summed E-state index contributed by atoms with van der Waals surface area (Å²) in [6, 6.07) is 14.7. The molecule has 0 aromatic heterocycles. The zero-order valence-corrected chi connectivity index (χ0v) is 44.4. The van der Waals surface area contributed by atoms with Crippen LogP contribution in [0.25, 0.3) is 0 Å². The molecular formula is C65H95F5. The monoisotopic (exact) mass is 971 g/mol. The Morgan fingerprint density at radius 1 is 0.329 bits per heavy atom. The number of rotatable bonds is 13. The molecule has 0 nitrogen and oxygen atoms in total. The van der Waals surface area contributed by atoms with Crippen LogP contribution in [0.2, 0.25) is 0 Å². The molecule has 5 heteroatoms. The molecule has 0 bridgehead atoms. The third kappa shape index (κ3) is 15.9. The van der Waals surface area contributed by atoms with Crippen LogP contribution in [0.1, 0.15) is 260 Å². The summed E-state index contributed by atoms with van der Waals surface area (Å²) in [6.45, 7) is 8.82. The Kier molecular flexibility index (Phi) is 22.1. The number of aryl methyl sites for hydroxylation is 1. The highest BCUT2D eigenvalue weighted by Gasteiger charge is 2.34. The number of unbranched alkanes of at least 4 members (excludes halogenated alkanes) is 2. The third-order valence-corrected chi connectivity index (χ3v) is 20.0. The zero-order chi connectivity index (χ0) is 49.4. The third-order valence-electron chi connectivity index (χ3n) is 20.0. The van der Waals surface area contributed by atoms with Crippen molar-refractivity contribution in [1.82, 2.24) is 0 Å². The number of hydrogen-bond acceptors (Lipinski definition) is 0. The topological polar surface area (TPSA) is 0 Å². The second-order valence-corrected chi connectivity index (χ2v) is 24.2. The second-order valence-electron chi connectivity index (χ2n) is 24.2. The molecule has 0 unspecified atom stereocenters. The Balaban J connectivity index is 0.000000155. The van der Waals surface area contributed by atoms with E-state index in [0.717, 1.165) is 95.6 Å². The molecule has 3 aromatic carbocycles. The van der Waals surface area contributed by atoms with E-state index in [1.54, 1.807) is 18.2 Å². The predicted octanol–water partition coefficient (Wildman–Crippen LogP) is 21.1. The molecule has 6 saturated carbocycles. The predicted molar refractivity (Wildman–Crippen MR) is 284 cm³/mol. The van der Waals surface area contributed by atoms with E-state index in [-0.39, 0.29) is 5.82 Å². The number of halogens is 5. The Hall–Kier alpha value is -2.69. The summed E-state index contributed by atoms with van der Waals surface area (Å²) >= 11 is 0. The van der Waals surface area contributed by atoms with E-state index < -0.39 is 23.3 Å². The van der Waals surface area contributed by atoms with Gasteiger partial charge in [0.25, 0.3) is 0 Å². The maximum Gasteiger partial charge on any atom is 0.159 e. The molecule has 0 heterocycles. The highest BCUT2D eigenvalue weighted by atomic mass is 19.2. The molecule has 6 aliphatic carbocycles. The molecule has 6 fully saturated rings. The minimum Gasteiger partial charge on any atom is -0.207 e. The van der Waals surface area contributed by atoms with Crippen LogP contribution >= 0.6 is 0 Å². The Bertz CT molecular complexity index is 1940. The summed E-state index contributed by atoms with van der Waals surface area (Å²) in [5.41, 5.74) is 4.16.